The van der Waals surface area contributed by atoms with Crippen molar-refractivity contribution in [1.82, 2.24) is 19.9 Å². The lowest BCUT2D eigenvalue weighted by Crippen LogP contribution is -2.29. The van der Waals surface area contributed by atoms with Gasteiger partial charge in [-0.3, -0.25) is 0 Å². The highest BCUT2D eigenvalue weighted by Gasteiger charge is 2.42. The van der Waals surface area contributed by atoms with E-state index in [1.165, 1.54) is 92.3 Å². The number of hydrogen-bond acceptors (Lipinski definition) is 0. The Morgan fingerprint density at radius 1 is 0.386 bits per heavy atom. The van der Waals surface area contributed by atoms with E-state index in [4.69, 9.17) is 0 Å². The average molecular weight is 569 g/mol. The summed E-state index contributed by atoms with van der Waals surface area (Å²) in [6.45, 7) is 0. The van der Waals surface area contributed by atoms with Crippen LogP contribution in [0.2, 0.25) is 0 Å². The topological polar surface area (TPSA) is 63.2 Å². The fourth-order valence-electron chi connectivity index (χ4n) is 9.69. The summed E-state index contributed by atoms with van der Waals surface area (Å²) in [7, 11) is 0. The summed E-state index contributed by atoms with van der Waals surface area (Å²) in [5.41, 5.74) is 16.9. The Morgan fingerprint density at radius 2 is 0.864 bits per heavy atom. The second-order valence-electron chi connectivity index (χ2n) is 13.5. The predicted molar refractivity (Wildman–Crippen MR) is 175 cm³/mol. The van der Waals surface area contributed by atoms with E-state index in [9.17, 15) is 0 Å². The quantitative estimate of drug-likeness (QED) is 0.190. The maximum absolute atomic E-state index is 4.00. The minimum atomic E-state index is 0.427. The smallest absolute Gasteiger partial charge is 0.0447 e. The van der Waals surface area contributed by atoms with E-state index >= 15 is 0 Å². The number of benzene rings is 2. The highest BCUT2D eigenvalue weighted by Crippen LogP contribution is 2.55. The van der Waals surface area contributed by atoms with Crippen molar-refractivity contribution in [2.24, 2.45) is 0 Å². The molecule has 6 aliphatic carbocycles. The van der Waals surface area contributed by atoms with Crippen molar-refractivity contribution >= 4 is 24.3 Å². The van der Waals surface area contributed by atoms with Crippen LogP contribution in [0, 0.1) is 0 Å². The van der Waals surface area contributed by atoms with E-state index in [1.54, 1.807) is 0 Å². The molecule has 0 fully saturated rings. The van der Waals surface area contributed by atoms with Crippen molar-refractivity contribution in [3.05, 3.63) is 161 Å². The summed E-state index contributed by atoms with van der Waals surface area (Å²) in [4.78, 5) is 15.3. The van der Waals surface area contributed by atoms with E-state index in [1.807, 2.05) is 0 Å². The first-order valence-corrected chi connectivity index (χ1v) is 16.2. The van der Waals surface area contributed by atoms with Crippen molar-refractivity contribution < 1.29 is 0 Å². The van der Waals surface area contributed by atoms with Gasteiger partial charge in [0, 0.05) is 67.8 Å². The molecule has 4 N–H and O–H groups in total. The molecule has 2 aromatic carbocycles. The SMILES string of the molecule is C1=c2ccc([nH]2)=Cc2[nH]c(c3c2C2CCC3c3ccccc32)C=c2[nH]c(c3c2C2CCC3c3ccccc32)=Cc2ccc1[nH]2. The molecule has 6 aromatic rings. The third kappa shape index (κ3) is 3.08. The van der Waals surface area contributed by atoms with Crippen molar-refractivity contribution in [2.45, 2.75) is 49.4 Å². The Labute approximate surface area is 254 Å². The lowest BCUT2D eigenvalue weighted by Gasteiger charge is -2.39. The minimum absolute atomic E-state index is 0.427. The molecule has 12 bridgehead atoms. The molecule has 13 rings (SSSR count). The third-order valence-corrected chi connectivity index (χ3v) is 11.3. The first-order valence-electron chi connectivity index (χ1n) is 16.2. The van der Waals surface area contributed by atoms with Crippen LogP contribution >= 0.6 is 0 Å². The van der Waals surface area contributed by atoms with Crippen molar-refractivity contribution in [3.8, 4) is 0 Å². The number of fused-ring (bicyclic) bond motifs is 10. The van der Waals surface area contributed by atoms with Crippen LogP contribution in [-0.2, 0) is 0 Å². The Kier molecular flexibility index (Phi) is 4.46. The molecule has 0 amide bonds. The van der Waals surface area contributed by atoms with Crippen LogP contribution in [0.15, 0.2) is 72.8 Å². The molecule has 4 heteroatoms. The summed E-state index contributed by atoms with van der Waals surface area (Å²) < 4.78 is 0. The zero-order valence-electron chi connectivity index (χ0n) is 24.4. The molecule has 4 nitrogen and oxygen atoms in total. The Bertz CT molecular complexity index is 2440. The van der Waals surface area contributed by atoms with Crippen molar-refractivity contribution in [1.29, 1.82) is 0 Å². The van der Waals surface area contributed by atoms with E-state index in [0.29, 0.717) is 23.7 Å². The largest absolute Gasteiger partial charge is 0.355 e. The molecule has 4 aromatic heterocycles. The van der Waals surface area contributed by atoms with Crippen LogP contribution in [-0.4, -0.2) is 19.9 Å². The van der Waals surface area contributed by atoms with Crippen LogP contribution in [0.1, 0.15) is 117 Å². The van der Waals surface area contributed by atoms with Crippen molar-refractivity contribution in [3.63, 3.8) is 0 Å². The third-order valence-electron chi connectivity index (χ3n) is 11.3. The highest BCUT2D eigenvalue weighted by atomic mass is 14.8. The Morgan fingerprint density at radius 3 is 1.45 bits per heavy atom. The van der Waals surface area contributed by atoms with Crippen molar-refractivity contribution in [2.75, 3.05) is 0 Å². The summed E-state index contributed by atoms with van der Waals surface area (Å²) in [6, 6.07) is 27.2. The zero-order chi connectivity index (χ0) is 28.5. The molecule has 0 saturated heterocycles. The first kappa shape index (κ1) is 23.5. The maximum Gasteiger partial charge on any atom is 0.0447 e. The van der Waals surface area contributed by atoms with Gasteiger partial charge in [0.05, 0.1) is 0 Å². The van der Waals surface area contributed by atoms with Gasteiger partial charge in [-0.15, -0.1) is 0 Å². The van der Waals surface area contributed by atoms with Gasteiger partial charge in [-0.1, -0.05) is 48.5 Å². The fourth-order valence-corrected chi connectivity index (χ4v) is 9.69. The molecular weight excluding hydrogens is 536 g/mol. The lowest BCUT2D eigenvalue weighted by atomic mass is 9.63. The van der Waals surface area contributed by atoms with Gasteiger partial charge in [-0.25, -0.2) is 0 Å². The standard InChI is InChI=1S/C40H32N4/c1-3-7-27-25(5-1)29-13-15-31(27)39-35-20-36-40-32-16-14-30(26-6-2-4-8-28(26)32)38(40)34(44-36)19-24-12-10-22(42-24)17-21-9-11-23(41-21)18-33(43-35)37(29)39/h1-12,17-20,29-32,41-44H,13-16H2. The molecule has 1 aliphatic heterocycles. The number of H-pyrrole nitrogens is 4. The van der Waals surface area contributed by atoms with Gasteiger partial charge in [0.1, 0.15) is 0 Å². The Balaban J connectivity index is 1.25. The fraction of sp³-hybridized carbons (Fsp3) is 0.200. The summed E-state index contributed by atoms with van der Waals surface area (Å²) in [5, 5.41) is 4.75. The van der Waals surface area contributed by atoms with Crippen LogP contribution in [0.4, 0.5) is 0 Å². The van der Waals surface area contributed by atoms with E-state index in [0.717, 1.165) is 22.1 Å². The van der Waals surface area contributed by atoms with Gasteiger partial charge in [-0.05, 0) is 119 Å². The first-order chi connectivity index (χ1) is 21.8. The van der Waals surface area contributed by atoms with E-state index < -0.39 is 0 Å². The van der Waals surface area contributed by atoms with Crippen LogP contribution < -0.4 is 21.4 Å². The lowest BCUT2D eigenvalue weighted by molar-refractivity contribution is 0.519. The van der Waals surface area contributed by atoms with E-state index in [-0.39, 0.29) is 0 Å². The highest BCUT2D eigenvalue weighted by molar-refractivity contribution is 5.71. The molecule has 7 aliphatic rings. The summed E-state index contributed by atoms with van der Waals surface area (Å²) >= 11 is 0. The van der Waals surface area contributed by atoms with Crippen LogP contribution in [0.3, 0.4) is 0 Å². The molecule has 212 valence electrons. The molecule has 4 unspecified atom stereocenters. The van der Waals surface area contributed by atoms with E-state index in [2.05, 4.69) is 117 Å². The molecule has 44 heavy (non-hydrogen) atoms. The van der Waals surface area contributed by atoms with Gasteiger partial charge < -0.3 is 19.9 Å². The van der Waals surface area contributed by atoms with Gasteiger partial charge in [0.25, 0.3) is 0 Å². The molecule has 0 spiro atoms. The molecule has 4 atom stereocenters. The number of aromatic amines is 4. The average Bonchev–Trinajstić information content (AvgIpc) is 3.86. The van der Waals surface area contributed by atoms with Gasteiger partial charge >= 0.3 is 0 Å². The summed E-state index contributed by atoms with van der Waals surface area (Å²) in [6.07, 6.45) is 14.2. The Hall–Kier alpha value is -4.96. The minimum Gasteiger partial charge on any atom is -0.355 e. The van der Waals surface area contributed by atoms with Crippen LogP contribution in [0.5, 0.6) is 0 Å². The second-order valence-corrected chi connectivity index (χ2v) is 13.5. The van der Waals surface area contributed by atoms with Gasteiger partial charge in [0.2, 0.25) is 0 Å². The van der Waals surface area contributed by atoms with Gasteiger partial charge in [-0.2, -0.15) is 0 Å². The number of nitrogens with one attached hydrogen (secondary N) is 4. The normalized spacial score (nSPS) is 22.9. The number of rotatable bonds is 0. The molecular formula is C40H32N4. The second kappa shape index (κ2) is 8.35. The monoisotopic (exact) mass is 568 g/mol. The predicted octanol–water partition coefficient (Wildman–Crippen LogP) is 5.37. The molecule has 0 radical (unpaired) electrons. The summed E-state index contributed by atoms with van der Waals surface area (Å²) in [5.74, 6) is 1.72. The molecule has 0 saturated carbocycles. The molecule has 5 heterocycles. The maximum atomic E-state index is 4.00. The van der Waals surface area contributed by atoms with Gasteiger partial charge in [0.15, 0.2) is 0 Å². The number of aromatic nitrogens is 4. The zero-order valence-corrected chi connectivity index (χ0v) is 24.4. The van der Waals surface area contributed by atoms with Crippen LogP contribution in [0.25, 0.3) is 24.3 Å². The number of hydrogen-bond donors (Lipinski definition) is 4.